The molecule has 0 saturated carbocycles. The minimum absolute atomic E-state index is 0.252. The van der Waals surface area contributed by atoms with Gasteiger partial charge in [-0.2, -0.15) is 0 Å². The van der Waals surface area contributed by atoms with E-state index in [-0.39, 0.29) is 5.97 Å². The Morgan fingerprint density at radius 1 is 1.56 bits per heavy atom. The fourth-order valence-corrected chi connectivity index (χ4v) is 1.16. The van der Waals surface area contributed by atoms with Crippen LogP contribution in [0.2, 0.25) is 11.4 Å². The van der Waals surface area contributed by atoms with Gasteiger partial charge in [-0.1, -0.05) is 0 Å². The molecule has 3 heteroatoms. The molecule has 0 unspecified atom stereocenters. The van der Waals surface area contributed by atoms with Crippen LogP contribution in [-0.2, 0) is 9.53 Å². The number of hydrogen-bond donors (Lipinski definition) is 0. The maximum absolute atomic E-state index is 10.4. The average Bonchev–Trinajstić information content (AvgIpc) is 1.83. The molecule has 0 heterocycles. The van der Waals surface area contributed by atoms with Crippen molar-refractivity contribution in [1.82, 2.24) is 0 Å². The van der Waals surface area contributed by atoms with Crippen molar-refractivity contribution in [3.05, 3.63) is 10.9 Å². The summed E-state index contributed by atoms with van der Waals surface area (Å²) in [5, 5.41) is 0. The molecule has 0 fully saturated rings. The summed E-state index contributed by atoms with van der Waals surface area (Å²) < 4.78 is 4.40. The zero-order valence-electron chi connectivity index (χ0n) is 5.92. The number of carbonyl (C=O) groups is 1. The number of hydrogen-bond acceptors (Lipinski definition) is 2. The molecule has 0 bridgehead atoms. The van der Waals surface area contributed by atoms with E-state index in [1.807, 2.05) is 4.86 Å². The van der Waals surface area contributed by atoms with Crippen LogP contribution in [0.3, 0.4) is 0 Å². The summed E-state index contributed by atoms with van der Waals surface area (Å²) >= 11 is -0.778. The molecule has 0 atom stereocenters. The molecule has 0 aliphatic carbocycles. The predicted molar refractivity (Wildman–Crippen MR) is 38.6 cm³/mol. The van der Waals surface area contributed by atoms with Crippen LogP contribution in [-0.4, -0.2) is 27.7 Å². The third-order valence-corrected chi connectivity index (χ3v) is 2.27. The fraction of sp³-hybridized carbons (Fsp3) is 0.500. The van der Waals surface area contributed by atoms with Crippen LogP contribution in [0.4, 0.5) is 0 Å². The molecule has 0 amide bonds. The molecule has 0 rings (SSSR count). The summed E-state index contributed by atoms with van der Waals surface area (Å²) in [7, 11) is 1.38. The molecule has 0 aromatic carbocycles. The van der Waals surface area contributed by atoms with E-state index in [4.69, 9.17) is 0 Å². The van der Waals surface area contributed by atoms with Crippen LogP contribution in [0.5, 0.6) is 0 Å². The molecule has 0 aliphatic rings. The van der Waals surface area contributed by atoms with Gasteiger partial charge in [0.1, 0.15) is 0 Å². The topological polar surface area (TPSA) is 26.3 Å². The van der Waals surface area contributed by atoms with Crippen LogP contribution in [0, 0.1) is 0 Å². The van der Waals surface area contributed by atoms with Gasteiger partial charge in [-0.05, 0) is 0 Å². The summed E-state index contributed by atoms with van der Waals surface area (Å²) in [5.74, 6) is -0.252. The van der Waals surface area contributed by atoms with E-state index in [0.717, 1.165) is 0 Å². The van der Waals surface area contributed by atoms with Crippen LogP contribution in [0.15, 0.2) is 10.9 Å². The first kappa shape index (κ1) is 8.77. The van der Waals surface area contributed by atoms with E-state index in [0.29, 0.717) is 0 Å². The number of rotatable bonds is 2. The second-order valence-corrected chi connectivity index (χ2v) is 6.47. The monoisotopic (exact) mass is 190 g/mol. The van der Waals surface area contributed by atoms with Gasteiger partial charge in [0.25, 0.3) is 0 Å². The van der Waals surface area contributed by atoms with E-state index in [1.54, 1.807) is 0 Å². The number of esters is 1. The summed E-state index contributed by atoms with van der Waals surface area (Å²) in [6, 6.07) is 0. The Kier molecular flexibility index (Phi) is 4.51. The Bertz CT molecular complexity index is 118. The average molecular weight is 190 g/mol. The first-order valence-electron chi connectivity index (χ1n) is 2.59. The van der Waals surface area contributed by atoms with Gasteiger partial charge in [0.2, 0.25) is 0 Å². The first-order chi connectivity index (χ1) is 4.16. The van der Waals surface area contributed by atoms with Gasteiger partial charge >= 0.3 is 59.6 Å². The first-order valence-corrected chi connectivity index (χ1v) is 7.43. The molecular formula is C6H11AsO2. The van der Waals surface area contributed by atoms with Gasteiger partial charge < -0.3 is 0 Å². The van der Waals surface area contributed by atoms with Crippen molar-refractivity contribution in [3.8, 4) is 0 Å². The van der Waals surface area contributed by atoms with Crippen molar-refractivity contribution in [2.45, 2.75) is 11.4 Å². The van der Waals surface area contributed by atoms with Crippen molar-refractivity contribution >= 4 is 20.6 Å². The molecule has 2 nitrogen and oxygen atoms in total. The molecule has 0 aromatic heterocycles. The third-order valence-electron chi connectivity index (χ3n) is 0.710. The quantitative estimate of drug-likeness (QED) is 0.369. The van der Waals surface area contributed by atoms with Crippen molar-refractivity contribution < 1.29 is 9.53 Å². The second-order valence-electron chi connectivity index (χ2n) is 1.80. The Morgan fingerprint density at radius 2 is 2.11 bits per heavy atom. The summed E-state index contributed by atoms with van der Waals surface area (Å²) in [5.41, 5.74) is 4.29. The Balaban J connectivity index is 3.57. The molecule has 0 aliphatic heterocycles. The normalized spacial score (nSPS) is 10.7. The molecule has 9 heavy (non-hydrogen) atoms. The van der Waals surface area contributed by atoms with E-state index >= 15 is 0 Å². The summed E-state index contributed by atoms with van der Waals surface area (Å²) in [6.45, 7) is 0. The molecule has 0 radical (unpaired) electrons. The number of ether oxygens (including phenoxy) is 1. The SMILES string of the molecule is COC(=O)/C=C/[As](C)C. The van der Waals surface area contributed by atoms with Gasteiger partial charge in [0.15, 0.2) is 0 Å². The Labute approximate surface area is 60.2 Å². The van der Waals surface area contributed by atoms with E-state index < -0.39 is 14.7 Å². The number of carbonyl (C=O) groups excluding carboxylic acids is 1. The van der Waals surface area contributed by atoms with Gasteiger partial charge in [0, 0.05) is 0 Å². The molecule has 0 aromatic rings. The second kappa shape index (κ2) is 4.63. The van der Waals surface area contributed by atoms with Crippen molar-refractivity contribution in [3.63, 3.8) is 0 Å². The molecule has 0 saturated heterocycles. The van der Waals surface area contributed by atoms with Crippen molar-refractivity contribution in [2.24, 2.45) is 0 Å². The maximum atomic E-state index is 10.4. The van der Waals surface area contributed by atoms with Crippen LogP contribution in [0.25, 0.3) is 0 Å². The Hall–Kier alpha value is -0.232. The molecule has 0 N–H and O–H groups in total. The fourth-order valence-electron chi connectivity index (χ4n) is 0.278. The van der Waals surface area contributed by atoms with Gasteiger partial charge in [-0.25, -0.2) is 0 Å². The van der Waals surface area contributed by atoms with E-state index in [2.05, 4.69) is 16.2 Å². The van der Waals surface area contributed by atoms with Crippen LogP contribution < -0.4 is 0 Å². The van der Waals surface area contributed by atoms with E-state index in [1.165, 1.54) is 13.2 Å². The Morgan fingerprint density at radius 3 is 2.44 bits per heavy atom. The molecule has 52 valence electrons. The third kappa shape index (κ3) is 5.64. The van der Waals surface area contributed by atoms with Gasteiger partial charge in [-0.3, -0.25) is 0 Å². The van der Waals surface area contributed by atoms with E-state index in [9.17, 15) is 4.79 Å². The zero-order valence-corrected chi connectivity index (χ0v) is 7.79. The molecule has 0 spiro atoms. The van der Waals surface area contributed by atoms with Gasteiger partial charge in [-0.15, -0.1) is 0 Å². The molecular weight excluding hydrogens is 179 g/mol. The predicted octanol–water partition coefficient (Wildman–Crippen LogP) is 1.01. The van der Waals surface area contributed by atoms with Crippen LogP contribution >= 0.6 is 0 Å². The number of methoxy groups -OCH3 is 1. The van der Waals surface area contributed by atoms with Crippen LogP contribution in [0.1, 0.15) is 0 Å². The van der Waals surface area contributed by atoms with Gasteiger partial charge in [0.05, 0.1) is 0 Å². The van der Waals surface area contributed by atoms with Crippen molar-refractivity contribution in [1.29, 1.82) is 0 Å². The zero-order chi connectivity index (χ0) is 7.28. The summed E-state index contributed by atoms with van der Waals surface area (Å²) in [6.07, 6.45) is 1.50. The standard InChI is InChI=1S/C6H11AsO2/c1-7(2)5-4-6(8)9-3/h4-5H,1-3H3/b5-4+. The summed E-state index contributed by atoms with van der Waals surface area (Å²) in [4.78, 5) is 12.4. The minimum atomic E-state index is -0.778. The van der Waals surface area contributed by atoms with Crippen molar-refractivity contribution in [2.75, 3.05) is 7.11 Å².